The average Bonchev–Trinajstić information content (AvgIpc) is 2.15. The fourth-order valence-electron chi connectivity index (χ4n) is 0.954. The largest absolute Gasteiger partial charge is 0.350 e. The number of urea groups is 1. The molecule has 0 saturated carbocycles. The van der Waals surface area contributed by atoms with Gasteiger partial charge < -0.3 is 5.73 Å². The molecule has 1 aromatic rings. The summed E-state index contributed by atoms with van der Waals surface area (Å²) in [7, 11) is 0. The molecule has 4 nitrogen and oxygen atoms in total. The Bertz CT molecular complexity index is 376. The van der Waals surface area contributed by atoms with Crippen LogP contribution in [0.1, 0.15) is 12.5 Å². The highest BCUT2D eigenvalue weighted by atomic mass is 79.9. The van der Waals surface area contributed by atoms with Crippen molar-refractivity contribution in [3.63, 3.8) is 0 Å². The SMILES string of the molecule is C/C(=N/NC(N)=O)c1ccccc1Br. The monoisotopic (exact) mass is 255 g/mol. The number of carbonyl (C=O) groups excluding carboxylic acids is 1. The summed E-state index contributed by atoms with van der Waals surface area (Å²) in [6.07, 6.45) is 0. The fraction of sp³-hybridized carbons (Fsp3) is 0.111. The minimum atomic E-state index is -0.670. The molecule has 14 heavy (non-hydrogen) atoms. The van der Waals surface area contributed by atoms with Crippen molar-refractivity contribution >= 4 is 27.7 Å². The van der Waals surface area contributed by atoms with Gasteiger partial charge in [0.15, 0.2) is 0 Å². The van der Waals surface area contributed by atoms with Crippen LogP contribution in [0.15, 0.2) is 33.8 Å². The average molecular weight is 256 g/mol. The van der Waals surface area contributed by atoms with Crippen molar-refractivity contribution in [1.82, 2.24) is 5.43 Å². The highest BCUT2D eigenvalue weighted by molar-refractivity contribution is 9.10. The van der Waals surface area contributed by atoms with E-state index in [1.807, 2.05) is 24.3 Å². The third kappa shape index (κ3) is 2.85. The van der Waals surface area contributed by atoms with Crippen molar-refractivity contribution in [1.29, 1.82) is 0 Å². The fourth-order valence-corrected chi connectivity index (χ4v) is 1.53. The molecule has 3 N–H and O–H groups in total. The maximum Gasteiger partial charge on any atom is 0.332 e. The van der Waals surface area contributed by atoms with E-state index in [0.29, 0.717) is 5.71 Å². The maximum absolute atomic E-state index is 10.4. The summed E-state index contributed by atoms with van der Waals surface area (Å²) >= 11 is 3.38. The zero-order valence-corrected chi connectivity index (χ0v) is 9.21. The van der Waals surface area contributed by atoms with Crippen molar-refractivity contribution in [2.75, 3.05) is 0 Å². The molecule has 5 heteroatoms. The number of rotatable bonds is 2. The predicted molar refractivity (Wildman–Crippen MR) is 59.1 cm³/mol. The highest BCUT2D eigenvalue weighted by Gasteiger charge is 2.01. The van der Waals surface area contributed by atoms with Crippen LogP contribution in [0.25, 0.3) is 0 Å². The van der Waals surface area contributed by atoms with Crippen molar-refractivity contribution in [2.24, 2.45) is 10.8 Å². The first-order valence-electron chi connectivity index (χ1n) is 3.96. The molecule has 0 saturated heterocycles. The molecule has 0 unspecified atom stereocenters. The van der Waals surface area contributed by atoms with Gasteiger partial charge in [-0.15, -0.1) is 0 Å². The smallest absolute Gasteiger partial charge is 0.332 e. The lowest BCUT2D eigenvalue weighted by Crippen LogP contribution is -2.25. The molecular weight excluding hydrogens is 246 g/mol. The summed E-state index contributed by atoms with van der Waals surface area (Å²) < 4.78 is 0.924. The summed E-state index contributed by atoms with van der Waals surface area (Å²) in [6, 6.07) is 6.92. The Morgan fingerprint density at radius 3 is 2.71 bits per heavy atom. The second-order valence-electron chi connectivity index (χ2n) is 2.65. The topological polar surface area (TPSA) is 67.5 Å². The summed E-state index contributed by atoms with van der Waals surface area (Å²) in [5, 5.41) is 3.82. The van der Waals surface area contributed by atoms with Crippen LogP contribution in [0.4, 0.5) is 4.79 Å². The van der Waals surface area contributed by atoms with Crippen molar-refractivity contribution in [3.05, 3.63) is 34.3 Å². The van der Waals surface area contributed by atoms with Gasteiger partial charge in [0.1, 0.15) is 0 Å². The van der Waals surface area contributed by atoms with Crippen molar-refractivity contribution < 1.29 is 4.79 Å². The number of hydrogen-bond donors (Lipinski definition) is 2. The molecular formula is C9H10BrN3O. The molecule has 0 aromatic heterocycles. The standard InChI is InChI=1S/C9H10BrN3O/c1-6(12-13-9(11)14)7-4-2-3-5-8(7)10/h2-5H,1H3,(H3,11,13,14)/b12-6-. The maximum atomic E-state index is 10.4. The van der Waals surface area contributed by atoms with Gasteiger partial charge in [0.05, 0.1) is 5.71 Å². The van der Waals surface area contributed by atoms with Crippen LogP contribution >= 0.6 is 15.9 Å². The third-order valence-corrected chi connectivity index (χ3v) is 2.29. The molecule has 2 amide bonds. The Kier molecular flexibility index (Phi) is 3.64. The van der Waals surface area contributed by atoms with Crippen molar-refractivity contribution in [2.45, 2.75) is 6.92 Å². The molecule has 0 aliphatic carbocycles. The molecule has 0 heterocycles. The molecule has 1 aromatic carbocycles. The van der Waals surface area contributed by atoms with Crippen LogP contribution < -0.4 is 11.2 Å². The number of nitrogens with zero attached hydrogens (tertiary/aromatic N) is 1. The molecule has 0 fully saturated rings. The first-order chi connectivity index (χ1) is 6.61. The molecule has 0 bridgehead atoms. The second-order valence-corrected chi connectivity index (χ2v) is 3.51. The second kappa shape index (κ2) is 4.76. The van der Waals surface area contributed by atoms with E-state index >= 15 is 0 Å². The van der Waals surface area contributed by atoms with Crippen LogP contribution in [0.5, 0.6) is 0 Å². The van der Waals surface area contributed by atoms with Crippen LogP contribution in [0.2, 0.25) is 0 Å². The van der Waals surface area contributed by atoms with E-state index in [9.17, 15) is 4.79 Å². The lowest BCUT2D eigenvalue weighted by molar-refractivity contribution is 0.249. The number of carbonyl (C=O) groups is 1. The Hall–Kier alpha value is -1.36. The number of primary amides is 1. The number of hydrogen-bond acceptors (Lipinski definition) is 2. The molecule has 1 rings (SSSR count). The number of nitrogens with one attached hydrogen (secondary N) is 1. The predicted octanol–water partition coefficient (Wildman–Crippen LogP) is 1.84. The number of benzene rings is 1. The molecule has 0 spiro atoms. The van der Waals surface area contributed by atoms with Gasteiger partial charge in [-0.05, 0) is 13.0 Å². The van der Waals surface area contributed by atoms with Gasteiger partial charge in [0.25, 0.3) is 0 Å². The summed E-state index contributed by atoms with van der Waals surface area (Å²) in [4.78, 5) is 10.4. The van der Waals surface area contributed by atoms with E-state index in [0.717, 1.165) is 10.0 Å². The van der Waals surface area contributed by atoms with Gasteiger partial charge in [0, 0.05) is 10.0 Å². The van der Waals surface area contributed by atoms with Gasteiger partial charge >= 0.3 is 6.03 Å². The van der Waals surface area contributed by atoms with E-state index in [1.165, 1.54) is 0 Å². The Labute approximate surface area is 90.3 Å². The van der Waals surface area contributed by atoms with Crippen LogP contribution in [0, 0.1) is 0 Å². The van der Waals surface area contributed by atoms with E-state index in [4.69, 9.17) is 5.73 Å². The summed E-state index contributed by atoms with van der Waals surface area (Å²) in [5.41, 5.74) is 8.67. The number of halogens is 1. The van der Waals surface area contributed by atoms with Crippen LogP contribution in [-0.2, 0) is 0 Å². The highest BCUT2D eigenvalue weighted by Crippen LogP contribution is 2.16. The van der Waals surface area contributed by atoms with Gasteiger partial charge in [-0.2, -0.15) is 5.10 Å². The van der Waals surface area contributed by atoms with Gasteiger partial charge in [-0.1, -0.05) is 34.1 Å². The van der Waals surface area contributed by atoms with E-state index in [-0.39, 0.29) is 0 Å². The number of amides is 2. The summed E-state index contributed by atoms with van der Waals surface area (Å²) in [6.45, 7) is 1.79. The Morgan fingerprint density at radius 2 is 2.14 bits per heavy atom. The molecule has 74 valence electrons. The third-order valence-electron chi connectivity index (χ3n) is 1.60. The lowest BCUT2D eigenvalue weighted by atomic mass is 10.1. The zero-order valence-electron chi connectivity index (χ0n) is 7.62. The minimum absolute atomic E-state index is 0.670. The van der Waals surface area contributed by atoms with Crippen LogP contribution in [-0.4, -0.2) is 11.7 Å². The zero-order chi connectivity index (χ0) is 10.6. The molecule has 0 radical (unpaired) electrons. The molecule has 0 atom stereocenters. The molecule has 0 aliphatic heterocycles. The van der Waals surface area contributed by atoms with Crippen LogP contribution in [0.3, 0.4) is 0 Å². The van der Waals surface area contributed by atoms with Gasteiger partial charge in [-0.3, -0.25) is 0 Å². The first kappa shape index (κ1) is 10.7. The molecule has 0 aliphatic rings. The van der Waals surface area contributed by atoms with Crippen molar-refractivity contribution in [3.8, 4) is 0 Å². The van der Waals surface area contributed by atoms with E-state index in [1.54, 1.807) is 6.92 Å². The minimum Gasteiger partial charge on any atom is -0.350 e. The van der Waals surface area contributed by atoms with Gasteiger partial charge in [0.2, 0.25) is 0 Å². The van der Waals surface area contributed by atoms with E-state index < -0.39 is 6.03 Å². The normalized spacial score (nSPS) is 11.1. The number of nitrogens with two attached hydrogens (primary N) is 1. The quantitative estimate of drug-likeness (QED) is 0.615. The first-order valence-corrected chi connectivity index (χ1v) is 4.75. The summed E-state index contributed by atoms with van der Waals surface area (Å²) in [5.74, 6) is 0. The Morgan fingerprint density at radius 1 is 1.50 bits per heavy atom. The number of hydrazone groups is 1. The van der Waals surface area contributed by atoms with Gasteiger partial charge in [-0.25, -0.2) is 10.2 Å². The lowest BCUT2D eigenvalue weighted by Gasteiger charge is -2.02. The van der Waals surface area contributed by atoms with E-state index in [2.05, 4.69) is 26.5 Å². The Balaban J connectivity index is 2.89.